The van der Waals surface area contributed by atoms with Gasteiger partial charge in [0.25, 0.3) is 0 Å². The summed E-state index contributed by atoms with van der Waals surface area (Å²) < 4.78 is 13.4. The molecule has 3 nitrogen and oxygen atoms in total. The first-order chi connectivity index (χ1) is 17.2. The minimum absolute atomic E-state index is 0.0563. The van der Waals surface area contributed by atoms with Gasteiger partial charge in [0, 0.05) is 39.6 Å². The molecule has 35 heavy (non-hydrogen) atoms. The number of hydrogen-bond donors (Lipinski definition) is 0. The molecule has 0 radical (unpaired) electrons. The van der Waals surface area contributed by atoms with Gasteiger partial charge in [-0.15, -0.1) is 0 Å². The maximum Gasteiger partial charge on any atom is 0.345 e. The highest BCUT2D eigenvalue weighted by molar-refractivity contribution is 7.43. The lowest BCUT2D eigenvalue weighted by atomic mass is 9.87. The Morgan fingerprint density at radius 3 is 2.31 bits per heavy atom. The summed E-state index contributed by atoms with van der Waals surface area (Å²) in [6.45, 7) is -0.0969. The number of benzene rings is 4. The maximum absolute atomic E-state index is 12.9. The molecule has 5 aromatic rings. The van der Waals surface area contributed by atoms with E-state index in [1.807, 2.05) is 24.3 Å². The van der Waals surface area contributed by atoms with E-state index in [2.05, 4.69) is 78.2 Å². The van der Waals surface area contributed by atoms with E-state index in [-0.39, 0.29) is 23.0 Å². The SMILES string of the molecule is O=C(COc1ccc(-[s+]2ccc3ccccc32)cc1)OC1(c2cccc3ccccc23)CCCC1. The van der Waals surface area contributed by atoms with Gasteiger partial charge in [0.2, 0.25) is 0 Å². The third kappa shape index (κ3) is 4.19. The zero-order chi connectivity index (χ0) is 23.7. The average molecular weight is 480 g/mol. The lowest BCUT2D eigenvalue weighted by Crippen LogP contribution is -2.32. The van der Waals surface area contributed by atoms with Gasteiger partial charge < -0.3 is 9.47 Å². The fraction of sp³-hybridized carbons (Fsp3) is 0.194. The van der Waals surface area contributed by atoms with E-state index >= 15 is 0 Å². The topological polar surface area (TPSA) is 35.5 Å². The first-order valence-corrected chi connectivity index (χ1v) is 13.4. The summed E-state index contributed by atoms with van der Waals surface area (Å²) in [6, 6.07) is 33.3. The lowest BCUT2D eigenvalue weighted by Gasteiger charge is -2.31. The molecule has 0 saturated heterocycles. The van der Waals surface area contributed by atoms with Crippen LogP contribution in [0.2, 0.25) is 0 Å². The first kappa shape index (κ1) is 21.9. The van der Waals surface area contributed by atoms with Crippen LogP contribution in [-0.4, -0.2) is 12.6 Å². The van der Waals surface area contributed by atoms with Crippen LogP contribution in [0.4, 0.5) is 0 Å². The number of carbonyl (C=O) groups is 1. The number of thiophene rings is 1. The molecule has 1 saturated carbocycles. The molecule has 1 heterocycles. The van der Waals surface area contributed by atoms with Crippen molar-refractivity contribution in [3.05, 3.63) is 108 Å². The molecular formula is C31H27O3S+. The Balaban J connectivity index is 1.16. The molecule has 0 spiro atoms. The van der Waals surface area contributed by atoms with Crippen LogP contribution in [0.3, 0.4) is 0 Å². The molecule has 0 amide bonds. The first-order valence-electron chi connectivity index (χ1n) is 12.2. The standard InChI is InChI=1S/C31H27O3S/c32-30(34-31(19-5-6-20-31)28-12-7-10-23-8-1-3-11-27(23)28)22-33-25-14-16-26(17-15-25)35-21-18-24-9-2-4-13-29(24)35/h1-4,7-18,21H,5-6,19-20,22H2/q+1. The second kappa shape index (κ2) is 9.20. The summed E-state index contributed by atoms with van der Waals surface area (Å²) in [5.41, 5.74) is 0.533. The molecule has 1 aromatic heterocycles. The normalized spacial score (nSPS) is 15.4. The molecule has 0 N–H and O–H groups in total. The number of rotatable bonds is 6. The van der Waals surface area contributed by atoms with E-state index in [1.165, 1.54) is 20.4 Å². The molecule has 1 fully saturated rings. The van der Waals surface area contributed by atoms with E-state index in [0.717, 1.165) is 36.6 Å². The zero-order valence-corrected chi connectivity index (χ0v) is 20.3. The molecule has 4 heteroatoms. The minimum Gasteiger partial charge on any atom is -0.482 e. The van der Waals surface area contributed by atoms with Crippen LogP contribution in [0.1, 0.15) is 31.2 Å². The van der Waals surface area contributed by atoms with Gasteiger partial charge in [-0.2, -0.15) is 0 Å². The quantitative estimate of drug-likeness (QED) is 0.182. The highest BCUT2D eigenvalue weighted by atomic mass is 32.2. The number of ether oxygens (including phenoxy) is 2. The maximum atomic E-state index is 12.9. The van der Waals surface area contributed by atoms with Crippen molar-refractivity contribution in [2.45, 2.75) is 31.3 Å². The molecule has 1 atom stereocenters. The van der Waals surface area contributed by atoms with Crippen LogP contribution < -0.4 is 4.74 Å². The summed E-state index contributed by atoms with van der Waals surface area (Å²) in [7, 11) is -0.0563. The lowest BCUT2D eigenvalue weighted by molar-refractivity contribution is -0.163. The van der Waals surface area contributed by atoms with Crippen molar-refractivity contribution in [1.82, 2.24) is 0 Å². The number of carbonyl (C=O) groups excluding carboxylic acids is 1. The zero-order valence-electron chi connectivity index (χ0n) is 19.5. The van der Waals surface area contributed by atoms with E-state index in [9.17, 15) is 4.79 Å². The highest BCUT2D eigenvalue weighted by Gasteiger charge is 2.40. The number of hydrogen-bond acceptors (Lipinski definition) is 3. The molecule has 4 aromatic carbocycles. The van der Waals surface area contributed by atoms with Crippen LogP contribution >= 0.6 is 10.5 Å². The monoisotopic (exact) mass is 479 g/mol. The summed E-state index contributed by atoms with van der Waals surface area (Å²) in [5, 5.41) is 5.87. The van der Waals surface area contributed by atoms with E-state index < -0.39 is 5.60 Å². The van der Waals surface area contributed by atoms with Gasteiger partial charge in [-0.25, -0.2) is 4.79 Å². The molecule has 1 aliphatic rings. The van der Waals surface area contributed by atoms with Crippen molar-refractivity contribution in [1.29, 1.82) is 0 Å². The van der Waals surface area contributed by atoms with Gasteiger partial charge in [0.15, 0.2) is 16.2 Å². The van der Waals surface area contributed by atoms with Gasteiger partial charge in [-0.1, -0.05) is 54.6 Å². The van der Waals surface area contributed by atoms with E-state index in [1.54, 1.807) is 0 Å². The fourth-order valence-corrected chi connectivity index (χ4v) is 7.19. The van der Waals surface area contributed by atoms with Crippen molar-refractivity contribution in [2.24, 2.45) is 0 Å². The van der Waals surface area contributed by atoms with Crippen LogP contribution in [0, 0.1) is 0 Å². The molecule has 6 rings (SSSR count). The van der Waals surface area contributed by atoms with Crippen LogP contribution in [-0.2, 0) is 15.1 Å². The molecular weight excluding hydrogens is 452 g/mol. The predicted molar refractivity (Wildman–Crippen MR) is 143 cm³/mol. The molecule has 1 aliphatic carbocycles. The average Bonchev–Trinajstić information content (AvgIpc) is 3.55. The van der Waals surface area contributed by atoms with Crippen LogP contribution in [0.15, 0.2) is 102 Å². The van der Waals surface area contributed by atoms with Gasteiger partial charge in [0.05, 0.1) is 0 Å². The van der Waals surface area contributed by atoms with Crippen molar-refractivity contribution < 1.29 is 14.3 Å². The Labute approximate surface area is 207 Å². The van der Waals surface area contributed by atoms with Crippen LogP contribution in [0.25, 0.3) is 25.8 Å². The van der Waals surface area contributed by atoms with Crippen molar-refractivity contribution in [3.63, 3.8) is 0 Å². The second-order valence-corrected chi connectivity index (χ2v) is 11.0. The minimum atomic E-state index is -0.575. The summed E-state index contributed by atoms with van der Waals surface area (Å²) in [5.74, 6) is 0.356. The van der Waals surface area contributed by atoms with E-state index in [4.69, 9.17) is 9.47 Å². The molecule has 0 bridgehead atoms. The molecule has 0 aliphatic heterocycles. The van der Waals surface area contributed by atoms with Crippen molar-refractivity contribution in [3.8, 4) is 10.6 Å². The van der Waals surface area contributed by atoms with E-state index in [0.29, 0.717) is 5.75 Å². The third-order valence-electron chi connectivity index (χ3n) is 6.97. The molecule has 174 valence electrons. The largest absolute Gasteiger partial charge is 0.482 e. The Morgan fingerprint density at radius 2 is 1.49 bits per heavy atom. The van der Waals surface area contributed by atoms with Crippen molar-refractivity contribution >= 4 is 37.3 Å². The Hall–Kier alpha value is -3.63. The third-order valence-corrected chi connectivity index (χ3v) is 9.01. The Morgan fingerprint density at radius 1 is 0.771 bits per heavy atom. The predicted octanol–water partition coefficient (Wildman–Crippen LogP) is 8.12. The number of fused-ring (bicyclic) bond motifs is 2. The number of esters is 1. The van der Waals surface area contributed by atoms with Gasteiger partial charge in [-0.05, 0) is 60.7 Å². The van der Waals surface area contributed by atoms with Crippen molar-refractivity contribution in [2.75, 3.05) is 6.61 Å². The summed E-state index contributed by atoms with van der Waals surface area (Å²) in [4.78, 5) is 14.2. The Bertz CT molecular complexity index is 1490. The summed E-state index contributed by atoms with van der Waals surface area (Å²) >= 11 is 0. The van der Waals surface area contributed by atoms with Crippen LogP contribution in [0.5, 0.6) is 5.75 Å². The smallest absolute Gasteiger partial charge is 0.345 e. The fourth-order valence-electron chi connectivity index (χ4n) is 5.31. The molecule has 1 unspecified atom stereocenters. The summed E-state index contributed by atoms with van der Waals surface area (Å²) in [6.07, 6.45) is 3.80. The highest BCUT2D eigenvalue weighted by Crippen LogP contribution is 2.45. The van der Waals surface area contributed by atoms with Gasteiger partial charge in [0.1, 0.15) is 16.7 Å². The second-order valence-electron chi connectivity index (χ2n) is 9.14. The van der Waals surface area contributed by atoms with Gasteiger partial charge >= 0.3 is 5.97 Å². The van der Waals surface area contributed by atoms with Gasteiger partial charge in [-0.3, -0.25) is 0 Å². The Kier molecular flexibility index (Phi) is 5.75.